The Bertz CT molecular complexity index is 389. The van der Waals surface area contributed by atoms with Crippen LogP contribution in [0.5, 0.6) is 11.5 Å². The zero-order chi connectivity index (χ0) is 13.8. The molecule has 0 fully saturated rings. The lowest BCUT2D eigenvalue weighted by Gasteiger charge is -1.82. The molecule has 2 N–H and O–H groups in total. The van der Waals surface area contributed by atoms with Gasteiger partial charge in [-0.2, -0.15) is 0 Å². The predicted octanol–water partition coefficient (Wildman–Crippen LogP) is 4.72. The SMILES string of the molecule is C=C(Cl)Cl.Oc1ccccc1.Oc1ccccc1. The first kappa shape index (κ1) is 16.4. The third-order valence-electron chi connectivity index (χ3n) is 1.51. The zero-order valence-electron chi connectivity index (χ0n) is 9.63. The van der Waals surface area contributed by atoms with Crippen molar-refractivity contribution in [1.82, 2.24) is 0 Å². The second-order valence-corrected chi connectivity index (χ2v) is 4.12. The maximum absolute atomic E-state index is 8.63. The van der Waals surface area contributed by atoms with Crippen LogP contribution in [-0.4, -0.2) is 10.2 Å². The van der Waals surface area contributed by atoms with Gasteiger partial charge >= 0.3 is 0 Å². The van der Waals surface area contributed by atoms with Crippen molar-refractivity contribution >= 4 is 23.2 Å². The minimum absolute atomic E-state index is 0.111. The number of halogens is 2. The van der Waals surface area contributed by atoms with E-state index >= 15 is 0 Å². The molecule has 2 rings (SSSR count). The van der Waals surface area contributed by atoms with E-state index in [4.69, 9.17) is 33.4 Å². The highest BCUT2D eigenvalue weighted by atomic mass is 35.5. The number of hydrogen-bond acceptors (Lipinski definition) is 2. The minimum Gasteiger partial charge on any atom is -0.508 e. The number of rotatable bonds is 0. The van der Waals surface area contributed by atoms with Crippen molar-refractivity contribution in [3.8, 4) is 11.5 Å². The Morgan fingerprint density at radius 2 is 0.944 bits per heavy atom. The zero-order valence-corrected chi connectivity index (χ0v) is 11.1. The number of phenols is 2. The molecule has 0 spiro atoms. The summed E-state index contributed by atoms with van der Waals surface area (Å²) in [5, 5.41) is 17.3. The standard InChI is InChI=1S/2C6H6O.C2H2Cl2/c2*7-6-4-2-1-3-5-6;1-2(3)4/h2*1-5,7H;1H2. The molecule has 0 aromatic heterocycles. The van der Waals surface area contributed by atoms with E-state index in [-0.39, 0.29) is 4.49 Å². The highest BCUT2D eigenvalue weighted by molar-refractivity contribution is 6.55. The van der Waals surface area contributed by atoms with Crippen molar-refractivity contribution in [2.24, 2.45) is 0 Å². The molecule has 96 valence electrons. The van der Waals surface area contributed by atoms with Gasteiger partial charge in [0.05, 0.1) is 4.49 Å². The molecule has 2 aromatic rings. The average Bonchev–Trinajstić information content (AvgIpc) is 2.31. The van der Waals surface area contributed by atoms with Gasteiger partial charge in [0.2, 0.25) is 0 Å². The first-order valence-corrected chi connectivity index (χ1v) is 5.76. The van der Waals surface area contributed by atoms with E-state index in [0.717, 1.165) is 0 Å². The van der Waals surface area contributed by atoms with Crippen LogP contribution in [0.2, 0.25) is 0 Å². The molecule has 0 bridgehead atoms. The highest BCUT2D eigenvalue weighted by Gasteiger charge is 1.75. The molecule has 0 aliphatic heterocycles. The Morgan fingerprint density at radius 3 is 1.06 bits per heavy atom. The van der Waals surface area contributed by atoms with Crippen LogP contribution in [-0.2, 0) is 0 Å². The van der Waals surface area contributed by atoms with Crippen molar-refractivity contribution < 1.29 is 10.2 Å². The Kier molecular flexibility index (Phi) is 9.55. The van der Waals surface area contributed by atoms with E-state index in [0.29, 0.717) is 11.5 Å². The van der Waals surface area contributed by atoms with Crippen molar-refractivity contribution in [1.29, 1.82) is 0 Å². The van der Waals surface area contributed by atoms with Gasteiger partial charge in [0, 0.05) is 0 Å². The molecule has 0 amide bonds. The van der Waals surface area contributed by atoms with Gasteiger partial charge in [-0.3, -0.25) is 0 Å². The molecule has 4 heteroatoms. The van der Waals surface area contributed by atoms with Crippen LogP contribution in [0.15, 0.2) is 71.7 Å². The summed E-state index contributed by atoms with van der Waals surface area (Å²) in [7, 11) is 0. The molecule has 18 heavy (non-hydrogen) atoms. The largest absolute Gasteiger partial charge is 0.508 e. The van der Waals surface area contributed by atoms with Crippen LogP contribution in [0.3, 0.4) is 0 Å². The van der Waals surface area contributed by atoms with E-state index in [9.17, 15) is 0 Å². The van der Waals surface area contributed by atoms with Crippen molar-refractivity contribution in [3.63, 3.8) is 0 Å². The van der Waals surface area contributed by atoms with Crippen LogP contribution in [0, 0.1) is 0 Å². The smallest absolute Gasteiger partial charge is 0.115 e. The van der Waals surface area contributed by atoms with Crippen molar-refractivity contribution in [2.45, 2.75) is 0 Å². The fourth-order valence-electron chi connectivity index (χ4n) is 0.856. The van der Waals surface area contributed by atoms with Gasteiger partial charge < -0.3 is 10.2 Å². The Balaban J connectivity index is 0.000000253. The summed E-state index contributed by atoms with van der Waals surface area (Å²) in [6.07, 6.45) is 0. The van der Waals surface area contributed by atoms with Crippen LogP contribution in [0.1, 0.15) is 0 Å². The summed E-state index contributed by atoms with van der Waals surface area (Å²) in [6, 6.07) is 17.4. The third kappa shape index (κ3) is 12.4. The lowest BCUT2D eigenvalue weighted by atomic mass is 10.3. The van der Waals surface area contributed by atoms with Crippen molar-refractivity contribution in [2.75, 3.05) is 0 Å². The van der Waals surface area contributed by atoms with Gasteiger partial charge in [0.1, 0.15) is 11.5 Å². The van der Waals surface area contributed by atoms with Crippen LogP contribution >= 0.6 is 23.2 Å². The van der Waals surface area contributed by atoms with E-state index in [1.54, 1.807) is 48.5 Å². The second kappa shape index (κ2) is 10.5. The Morgan fingerprint density at radius 1 is 0.722 bits per heavy atom. The summed E-state index contributed by atoms with van der Waals surface area (Å²) in [6.45, 7) is 3.09. The molecule has 0 radical (unpaired) electrons. The molecule has 0 atom stereocenters. The van der Waals surface area contributed by atoms with Gasteiger partial charge in [-0.1, -0.05) is 66.2 Å². The van der Waals surface area contributed by atoms with E-state index in [1.807, 2.05) is 12.1 Å². The number of aromatic hydroxyl groups is 2. The van der Waals surface area contributed by atoms with Gasteiger partial charge in [0.15, 0.2) is 0 Å². The second-order valence-electron chi connectivity index (χ2n) is 3.01. The third-order valence-corrected chi connectivity index (χ3v) is 1.51. The molecule has 2 aromatic carbocycles. The summed E-state index contributed by atoms with van der Waals surface area (Å²) in [4.78, 5) is 0. The quantitative estimate of drug-likeness (QED) is 0.735. The summed E-state index contributed by atoms with van der Waals surface area (Å²) >= 11 is 9.69. The van der Waals surface area contributed by atoms with Crippen molar-refractivity contribution in [3.05, 3.63) is 71.7 Å². The molecule has 0 aliphatic carbocycles. The van der Waals surface area contributed by atoms with E-state index in [1.165, 1.54) is 0 Å². The topological polar surface area (TPSA) is 40.5 Å². The fourth-order valence-corrected chi connectivity index (χ4v) is 0.856. The predicted molar refractivity (Wildman–Crippen MR) is 77.1 cm³/mol. The first-order chi connectivity index (χ1) is 8.52. The maximum Gasteiger partial charge on any atom is 0.115 e. The molecule has 0 aliphatic rings. The molecule has 2 nitrogen and oxygen atoms in total. The number of para-hydroxylation sites is 2. The molecule has 0 unspecified atom stereocenters. The normalized spacial score (nSPS) is 8.11. The highest BCUT2D eigenvalue weighted by Crippen LogP contribution is 2.03. The van der Waals surface area contributed by atoms with Gasteiger partial charge in [-0.05, 0) is 24.3 Å². The molecule has 0 saturated carbocycles. The lowest BCUT2D eigenvalue weighted by Crippen LogP contribution is -1.56. The van der Waals surface area contributed by atoms with Crippen LogP contribution in [0.25, 0.3) is 0 Å². The van der Waals surface area contributed by atoms with Gasteiger partial charge in [-0.25, -0.2) is 0 Å². The van der Waals surface area contributed by atoms with Crippen LogP contribution in [0.4, 0.5) is 0 Å². The lowest BCUT2D eigenvalue weighted by molar-refractivity contribution is 0.475. The van der Waals surface area contributed by atoms with Crippen LogP contribution < -0.4 is 0 Å². The Hall–Kier alpha value is -1.64. The maximum atomic E-state index is 8.63. The number of hydrogen-bond donors (Lipinski definition) is 2. The molecular formula is C14H14Cl2O2. The van der Waals surface area contributed by atoms with E-state index in [2.05, 4.69) is 6.58 Å². The van der Waals surface area contributed by atoms with Gasteiger partial charge in [-0.15, -0.1) is 0 Å². The Labute approximate surface area is 117 Å². The summed E-state index contributed by atoms with van der Waals surface area (Å²) in [5.74, 6) is 0.644. The first-order valence-electron chi connectivity index (χ1n) is 5.00. The molecule has 0 heterocycles. The molecule has 0 saturated heterocycles. The monoisotopic (exact) mass is 284 g/mol. The number of phenolic OH excluding ortho intramolecular Hbond substituents is 2. The summed E-state index contributed by atoms with van der Waals surface area (Å²) < 4.78 is 0.111. The minimum atomic E-state index is 0.111. The van der Waals surface area contributed by atoms with Gasteiger partial charge in [0.25, 0.3) is 0 Å². The fraction of sp³-hybridized carbons (Fsp3) is 0. The average molecular weight is 285 g/mol. The number of benzene rings is 2. The van der Waals surface area contributed by atoms with E-state index < -0.39 is 0 Å². The molecular weight excluding hydrogens is 271 g/mol. The summed E-state index contributed by atoms with van der Waals surface area (Å²) in [5.41, 5.74) is 0.